The van der Waals surface area contributed by atoms with Crippen LogP contribution in [0.25, 0.3) is 0 Å². The molecular formula is C15H19N3O. The molecule has 2 aromatic carbocycles. The molecule has 4 nitrogen and oxygen atoms in total. The van der Waals surface area contributed by atoms with Gasteiger partial charge in [-0.15, -0.1) is 0 Å². The van der Waals surface area contributed by atoms with Crippen molar-refractivity contribution in [3.8, 4) is 5.75 Å². The third-order valence-electron chi connectivity index (χ3n) is 2.90. The van der Waals surface area contributed by atoms with E-state index in [1.807, 2.05) is 50.5 Å². The van der Waals surface area contributed by atoms with Crippen molar-refractivity contribution in [2.45, 2.75) is 0 Å². The normalized spacial score (nSPS) is 10.1. The first kappa shape index (κ1) is 13.1. The number of methoxy groups -OCH3 is 1. The molecule has 0 amide bonds. The van der Waals surface area contributed by atoms with Crippen LogP contribution in [0.2, 0.25) is 0 Å². The Morgan fingerprint density at radius 2 is 1.84 bits per heavy atom. The Bertz CT molecular complexity index is 567. The highest BCUT2D eigenvalue weighted by Gasteiger charge is 2.05. The molecule has 0 aromatic heterocycles. The first-order chi connectivity index (χ1) is 9.11. The number of anilines is 4. The molecular weight excluding hydrogens is 238 g/mol. The quantitative estimate of drug-likeness (QED) is 0.826. The monoisotopic (exact) mass is 257 g/mol. The average molecular weight is 257 g/mol. The van der Waals surface area contributed by atoms with Gasteiger partial charge in [-0.2, -0.15) is 0 Å². The third kappa shape index (κ3) is 2.91. The fourth-order valence-electron chi connectivity index (χ4n) is 1.91. The minimum absolute atomic E-state index is 0.633. The molecule has 0 radical (unpaired) electrons. The van der Waals surface area contributed by atoms with Crippen LogP contribution in [-0.2, 0) is 0 Å². The predicted molar refractivity (Wildman–Crippen MR) is 81.5 cm³/mol. The number of hydrogen-bond acceptors (Lipinski definition) is 4. The molecule has 0 atom stereocenters. The number of nitrogens with two attached hydrogens (primary N) is 1. The van der Waals surface area contributed by atoms with Crippen molar-refractivity contribution >= 4 is 22.7 Å². The van der Waals surface area contributed by atoms with Crippen molar-refractivity contribution in [1.29, 1.82) is 0 Å². The highest BCUT2D eigenvalue weighted by molar-refractivity contribution is 5.76. The number of rotatable bonds is 4. The molecule has 0 aliphatic carbocycles. The molecule has 0 aliphatic rings. The van der Waals surface area contributed by atoms with E-state index in [1.54, 1.807) is 7.11 Å². The van der Waals surface area contributed by atoms with Crippen LogP contribution in [0.3, 0.4) is 0 Å². The lowest BCUT2D eigenvalue weighted by atomic mass is 10.2. The van der Waals surface area contributed by atoms with Crippen molar-refractivity contribution < 1.29 is 4.74 Å². The summed E-state index contributed by atoms with van der Waals surface area (Å²) in [6.07, 6.45) is 0. The van der Waals surface area contributed by atoms with Crippen LogP contribution in [0.4, 0.5) is 22.7 Å². The second-order valence-corrected chi connectivity index (χ2v) is 4.49. The maximum atomic E-state index is 5.81. The number of hydrogen-bond donors (Lipinski definition) is 2. The van der Waals surface area contributed by atoms with E-state index in [1.165, 1.54) is 0 Å². The van der Waals surface area contributed by atoms with Crippen LogP contribution in [-0.4, -0.2) is 21.2 Å². The molecule has 0 spiro atoms. The summed E-state index contributed by atoms with van der Waals surface area (Å²) in [7, 11) is 5.65. The van der Waals surface area contributed by atoms with Crippen molar-refractivity contribution in [3.05, 3.63) is 42.5 Å². The molecule has 19 heavy (non-hydrogen) atoms. The van der Waals surface area contributed by atoms with Gasteiger partial charge in [0.2, 0.25) is 0 Å². The number of ether oxygens (including phenoxy) is 1. The van der Waals surface area contributed by atoms with Gasteiger partial charge in [0.25, 0.3) is 0 Å². The number of para-hydroxylation sites is 2. The lowest BCUT2D eigenvalue weighted by molar-refractivity contribution is 0.417. The summed E-state index contributed by atoms with van der Waals surface area (Å²) >= 11 is 0. The molecule has 0 aliphatic heterocycles. The molecule has 4 heteroatoms. The lowest BCUT2D eigenvalue weighted by Gasteiger charge is -2.18. The van der Waals surface area contributed by atoms with Crippen molar-refractivity contribution in [2.75, 3.05) is 37.2 Å². The molecule has 0 saturated heterocycles. The largest absolute Gasteiger partial charge is 0.495 e. The third-order valence-corrected chi connectivity index (χ3v) is 2.90. The summed E-state index contributed by atoms with van der Waals surface area (Å²) < 4.78 is 5.23. The van der Waals surface area contributed by atoms with Gasteiger partial charge in [0.15, 0.2) is 0 Å². The maximum Gasteiger partial charge on any atom is 0.143 e. The molecule has 2 rings (SSSR count). The second-order valence-electron chi connectivity index (χ2n) is 4.49. The maximum absolute atomic E-state index is 5.81. The van der Waals surface area contributed by atoms with Gasteiger partial charge in [0.1, 0.15) is 5.75 Å². The Morgan fingerprint density at radius 1 is 1.11 bits per heavy atom. The molecule has 100 valence electrons. The van der Waals surface area contributed by atoms with Crippen LogP contribution in [0.15, 0.2) is 42.5 Å². The number of nitrogen functional groups attached to an aromatic ring is 1. The summed E-state index contributed by atoms with van der Waals surface area (Å²) in [5.74, 6) is 0.673. The van der Waals surface area contributed by atoms with Gasteiger partial charge in [0.05, 0.1) is 24.2 Å². The summed E-state index contributed by atoms with van der Waals surface area (Å²) in [5.41, 5.74) is 9.55. The zero-order valence-electron chi connectivity index (χ0n) is 11.5. The smallest absolute Gasteiger partial charge is 0.143 e. The van der Waals surface area contributed by atoms with Crippen LogP contribution in [0.1, 0.15) is 0 Å². The number of nitrogens with one attached hydrogen (secondary N) is 1. The van der Waals surface area contributed by atoms with E-state index in [0.29, 0.717) is 11.4 Å². The van der Waals surface area contributed by atoms with Crippen molar-refractivity contribution in [3.63, 3.8) is 0 Å². The Kier molecular flexibility index (Phi) is 3.80. The number of benzene rings is 2. The van der Waals surface area contributed by atoms with Crippen molar-refractivity contribution in [1.82, 2.24) is 0 Å². The Balaban J connectivity index is 2.31. The van der Waals surface area contributed by atoms with Crippen molar-refractivity contribution in [2.24, 2.45) is 0 Å². The zero-order chi connectivity index (χ0) is 13.8. The fraction of sp³-hybridized carbons (Fsp3) is 0.200. The second kappa shape index (κ2) is 5.52. The van der Waals surface area contributed by atoms with Crippen LogP contribution < -0.4 is 20.7 Å². The van der Waals surface area contributed by atoms with Crippen LogP contribution in [0.5, 0.6) is 5.75 Å². The van der Waals surface area contributed by atoms with E-state index in [0.717, 1.165) is 17.1 Å². The van der Waals surface area contributed by atoms with E-state index in [2.05, 4.69) is 16.3 Å². The molecule has 3 N–H and O–H groups in total. The van der Waals surface area contributed by atoms with Crippen LogP contribution in [0, 0.1) is 0 Å². The summed E-state index contributed by atoms with van der Waals surface area (Å²) in [4.78, 5) is 2.07. The first-order valence-electron chi connectivity index (χ1n) is 6.08. The number of nitrogens with zero attached hydrogens (tertiary/aromatic N) is 1. The van der Waals surface area contributed by atoms with E-state index in [4.69, 9.17) is 10.5 Å². The van der Waals surface area contributed by atoms with E-state index < -0.39 is 0 Å². The van der Waals surface area contributed by atoms with Gasteiger partial charge in [0, 0.05) is 25.8 Å². The zero-order valence-corrected chi connectivity index (χ0v) is 11.5. The van der Waals surface area contributed by atoms with E-state index in [9.17, 15) is 0 Å². The summed E-state index contributed by atoms with van der Waals surface area (Å²) in [5, 5.41) is 3.38. The summed E-state index contributed by atoms with van der Waals surface area (Å²) in [6.45, 7) is 0. The van der Waals surface area contributed by atoms with Crippen LogP contribution >= 0.6 is 0 Å². The Hall–Kier alpha value is -2.36. The minimum Gasteiger partial charge on any atom is -0.495 e. The molecule has 2 aromatic rings. The predicted octanol–water partition coefficient (Wildman–Crippen LogP) is 3.09. The first-order valence-corrected chi connectivity index (χ1v) is 6.08. The highest BCUT2D eigenvalue weighted by Crippen LogP contribution is 2.30. The minimum atomic E-state index is 0.633. The van der Waals surface area contributed by atoms with Gasteiger partial charge in [-0.05, 0) is 24.3 Å². The molecule has 0 bridgehead atoms. The molecule has 0 fully saturated rings. The van der Waals surface area contributed by atoms with Gasteiger partial charge >= 0.3 is 0 Å². The van der Waals surface area contributed by atoms with Gasteiger partial charge in [-0.3, -0.25) is 0 Å². The van der Waals surface area contributed by atoms with Gasteiger partial charge in [-0.1, -0.05) is 12.1 Å². The Labute approximate surface area is 113 Å². The molecule has 0 saturated carbocycles. The molecule has 0 unspecified atom stereocenters. The topological polar surface area (TPSA) is 50.5 Å². The fourth-order valence-corrected chi connectivity index (χ4v) is 1.91. The Morgan fingerprint density at radius 3 is 2.53 bits per heavy atom. The van der Waals surface area contributed by atoms with Gasteiger partial charge in [-0.25, -0.2) is 0 Å². The average Bonchev–Trinajstić information content (AvgIpc) is 2.41. The highest BCUT2D eigenvalue weighted by atomic mass is 16.5. The van der Waals surface area contributed by atoms with Gasteiger partial charge < -0.3 is 20.7 Å². The molecule has 0 heterocycles. The SMILES string of the molecule is COc1cc(Nc2ccccc2N(C)C)ccc1N. The van der Waals surface area contributed by atoms with E-state index in [-0.39, 0.29) is 0 Å². The standard InChI is InChI=1S/C15H19N3O/c1-18(2)14-7-5-4-6-13(14)17-11-8-9-12(16)15(10-11)19-3/h4-10,17H,16H2,1-3H3. The lowest BCUT2D eigenvalue weighted by Crippen LogP contribution is -2.10. The van der Waals surface area contributed by atoms with E-state index >= 15 is 0 Å². The summed E-state index contributed by atoms with van der Waals surface area (Å²) in [6, 6.07) is 13.8.